The molecule has 0 saturated carbocycles. The number of carboxylic acid groups (broad SMARTS) is 1. The van der Waals surface area contributed by atoms with Crippen molar-refractivity contribution in [1.29, 1.82) is 0 Å². The summed E-state index contributed by atoms with van der Waals surface area (Å²) in [5, 5.41) is 11.8. The Balaban J connectivity index is 1.67. The molecule has 5 heteroatoms. The maximum Gasteiger partial charge on any atom is 0.307 e. The van der Waals surface area contributed by atoms with Crippen LogP contribution >= 0.6 is 0 Å². The van der Waals surface area contributed by atoms with Gasteiger partial charge in [-0.25, -0.2) is 0 Å². The van der Waals surface area contributed by atoms with Gasteiger partial charge in [-0.2, -0.15) is 0 Å². The maximum absolute atomic E-state index is 12.8. The van der Waals surface area contributed by atoms with Gasteiger partial charge in [0.25, 0.3) is 0 Å². The van der Waals surface area contributed by atoms with E-state index < -0.39 is 11.6 Å². The normalized spacial score (nSPS) is 17.7. The van der Waals surface area contributed by atoms with Crippen LogP contribution in [0.25, 0.3) is 0 Å². The van der Waals surface area contributed by atoms with Gasteiger partial charge in [-0.15, -0.1) is 0 Å². The maximum atomic E-state index is 12.8. The van der Waals surface area contributed by atoms with Crippen molar-refractivity contribution in [3.63, 3.8) is 0 Å². The fourth-order valence-electron chi connectivity index (χ4n) is 3.30. The largest absolute Gasteiger partial charge is 0.488 e. The molecule has 2 N–H and O–H groups in total. The van der Waals surface area contributed by atoms with Crippen molar-refractivity contribution in [2.24, 2.45) is 0 Å². The van der Waals surface area contributed by atoms with E-state index in [1.165, 1.54) is 0 Å². The molecule has 1 amide bonds. The van der Waals surface area contributed by atoms with E-state index in [0.717, 1.165) is 22.4 Å². The van der Waals surface area contributed by atoms with Gasteiger partial charge in [0.1, 0.15) is 11.4 Å². The second-order valence-electron chi connectivity index (χ2n) is 7.26. The Hall–Kier alpha value is -2.82. The second kappa shape index (κ2) is 7.20. The minimum atomic E-state index is -0.855. The number of nitrogens with one attached hydrogen (secondary N) is 1. The summed E-state index contributed by atoms with van der Waals surface area (Å²) < 4.78 is 5.98. The predicted octanol–water partition coefficient (Wildman–Crippen LogP) is 3.27. The summed E-state index contributed by atoms with van der Waals surface area (Å²) >= 11 is 0. The molecule has 1 atom stereocenters. The molecule has 5 nitrogen and oxygen atoms in total. The molecule has 0 fully saturated rings. The van der Waals surface area contributed by atoms with Crippen LogP contribution in [0, 0.1) is 0 Å². The van der Waals surface area contributed by atoms with E-state index in [4.69, 9.17) is 9.84 Å². The molecule has 0 aliphatic carbocycles. The van der Waals surface area contributed by atoms with Crippen LogP contribution in [0.1, 0.15) is 42.9 Å². The number of carbonyl (C=O) groups excluding carboxylic acids is 1. The number of rotatable bonds is 5. The molecule has 1 aliphatic heterocycles. The van der Waals surface area contributed by atoms with Gasteiger partial charge in [0.2, 0.25) is 5.91 Å². The fraction of sp³-hybridized carbons (Fsp3) is 0.333. The first-order chi connectivity index (χ1) is 12.3. The van der Waals surface area contributed by atoms with E-state index in [1.807, 2.05) is 50.2 Å². The molecule has 1 unspecified atom stereocenters. The van der Waals surface area contributed by atoms with Crippen LogP contribution in [0.15, 0.2) is 48.5 Å². The third kappa shape index (κ3) is 4.23. The van der Waals surface area contributed by atoms with E-state index >= 15 is 0 Å². The third-order valence-corrected chi connectivity index (χ3v) is 4.54. The van der Waals surface area contributed by atoms with Crippen LogP contribution < -0.4 is 10.1 Å². The number of aliphatic carboxylic acids is 1. The second-order valence-corrected chi connectivity index (χ2v) is 7.26. The lowest BCUT2D eigenvalue weighted by molar-refractivity contribution is -0.136. The minimum Gasteiger partial charge on any atom is -0.488 e. The molecule has 0 aromatic heterocycles. The highest BCUT2D eigenvalue weighted by atomic mass is 16.5. The number of hydrogen-bond donors (Lipinski definition) is 2. The number of carbonyl (C=O) groups is 2. The molecule has 1 aliphatic rings. The molecule has 0 bridgehead atoms. The monoisotopic (exact) mass is 353 g/mol. The first kappa shape index (κ1) is 18.0. The van der Waals surface area contributed by atoms with Gasteiger partial charge in [-0.3, -0.25) is 9.59 Å². The molecule has 2 aromatic rings. The van der Waals surface area contributed by atoms with Crippen molar-refractivity contribution in [3.05, 3.63) is 65.2 Å². The Morgan fingerprint density at radius 3 is 2.46 bits per heavy atom. The average Bonchev–Trinajstić information content (AvgIpc) is 2.59. The molecule has 1 heterocycles. The van der Waals surface area contributed by atoms with Crippen molar-refractivity contribution < 1.29 is 19.4 Å². The van der Waals surface area contributed by atoms with Crippen LogP contribution in [0.3, 0.4) is 0 Å². The summed E-state index contributed by atoms with van der Waals surface area (Å²) in [6, 6.07) is 14.9. The summed E-state index contributed by atoms with van der Waals surface area (Å²) in [5.41, 5.74) is 2.20. The van der Waals surface area contributed by atoms with E-state index in [-0.39, 0.29) is 18.2 Å². The lowest BCUT2D eigenvalue weighted by Crippen LogP contribution is -2.40. The summed E-state index contributed by atoms with van der Waals surface area (Å²) in [6.45, 7) is 4.39. The summed E-state index contributed by atoms with van der Waals surface area (Å²) in [7, 11) is 0. The Morgan fingerprint density at radius 1 is 1.12 bits per heavy atom. The van der Waals surface area contributed by atoms with Gasteiger partial charge in [-0.05, 0) is 31.0 Å². The first-order valence-corrected chi connectivity index (χ1v) is 8.69. The number of amides is 1. The first-order valence-electron chi connectivity index (χ1n) is 8.69. The van der Waals surface area contributed by atoms with Crippen molar-refractivity contribution in [1.82, 2.24) is 5.32 Å². The molecule has 0 saturated heterocycles. The molecule has 26 heavy (non-hydrogen) atoms. The van der Waals surface area contributed by atoms with Gasteiger partial charge in [0.15, 0.2) is 0 Å². The number of fused-ring (bicyclic) bond motifs is 1. The van der Waals surface area contributed by atoms with E-state index in [0.29, 0.717) is 13.0 Å². The van der Waals surface area contributed by atoms with Crippen LogP contribution in [-0.4, -0.2) is 22.6 Å². The Kier molecular flexibility index (Phi) is 4.98. The molecule has 0 radical (unpaired) electrons. The van der Waals surface area contributed by atoms with Gasteiger partial charge < -0.3 is 15.2 Å². The van der Waals surface area contributed by atoms with Crippen LogP contribution in [0.4, 0.5) is 0 Å². The molecule has 3 rings (SSSR count). The van der Waals surface area contributed by atoms with Crippen molar-refractivity contribution in [2.75, 3.05) is 0 Å². The highest BCUT2D eigenvalue weighted by Crippen LogP contribution is 2.40. The van der Waals surface area contributed by atoms with Gasteiger partial charge in [0.05, 0.1) is 12.3 Å². The number of benzene rings is 2. The molecule has 136 valence electrons. The topological polar surface area (TPSA) is 75.6 Å². The molecule has 2 aromatic carbocycles. The number of carboxylic acids is 1. The van der Waals surface area contributed by atoms with E-state index in [2.05, 4.69) is 5.32 Å². The minimum absolute atomic E-state index is 0.000575. The summed E-state index contributed by atoms with van der Waals surface area (Å²) in [5.74, 6) is -0.363. The highest BCUT2D eigenvalue weighted by molar-refractivity contribution is 5.85. The van der Waals surface area contributed by atoms with Gasteiger partial charge >= 0.3 is 5.97 Å². The molecular formula is C21H23NO4. The number of para-hydroxylation sites is 1. The zero-order chi connectivity index (χ0) is 18.7. The molecule has 0 spiro atoms. The Labute approximate surface area is 153 Å². The van der Waals surface area contributed by atoms with Crippen molar-refractivity contribution >= 4 is 11.9 Å². The zero-order valence-electron chi connectivity index (χ0n) is 15.0. The fourth-order valence-corrected chi connectivity index (χ4v) is 3.30. The average molecular weight is 353 g/mol. The highest BCUT2D eigenvalue weighted by Gasteiger charge is 2.37. The summed E-state index contributed by atoms with van der Waals surface area (Å²) in [6.07, 6.45) is 0.619. The predicted molar refractivity (Wildman–Crippen MR) is 98.1 cm³/mol. The third-order valence-electron chi connectivity index (χ3n) is 4.54. The van der Waals surface area contributed by atoms with Crippen LogP contribution in [0.5, 0.6) is 5.75 Å². The van der Waals surface area contributed by atoms with Crippen molar-refractivity contribution in [2.45, 2.75) is 44.8 Å². The molecular weight excluding hydrogens is 330 g/mol. The SMILES string of the molecule is CC1(C)CC(C(=O)NCc2ccc(CC(=O)O)cc2)c2ccccc2O1. The van der Waals surface area contributed by atoms with Crippen LogP contribution in [-0.2, 0) is 22.6 Å². The summed E-state index contributed by atoms with van der Waals surface area (Å²) in [4.78, 5) is 23.5. The van der Waals surface area contributed by atoms with E-state index in [1.54, 1.807) is 12.1 Å². The van der Waals surface area contributed by atoms with Crippen molar-refractivity contribution in [3.8, 4) is 5.75 Å². The quantitative estimate of drug-likeness (QED) is 0.865. The zero-order valence-corrected chi connectivity index (χ0v) is 15.0. The van der Waals surface area contributed by atoms with Gasteiger partial charge in [-0.1, -0.05) is 42.5 Å². The number of hydrogen-bond acceptors (Lipinski definition) is 3. The number of ether oxygens (including phenoxy) is 1. The Morgan fingerprint density at radius 2 is 1.77 bits per heavy atom. The lowest BCUT2D eigenvalue weighted by atomic mass is 9.84. The Bertz CT molecular complexity index is 811. The van der Waals surface area contributed by atoms with Crippen LogP contribution in [0.2, 0.25) is 0 Å². The van der Waals surface area contributed by atoms with E-state index in [9.17, 15) is 9.59 Å². The van der Waals surface area contributed by atoms with Gasteiger partial charge in [0, 0.05) is 18.5 Å². The smallest absolute Gasteiger partial charge is 0.307 e. The standard InChI is InChI=1S/C21H23NO4/c1-21(2)12-17(16-5-3-4-6-18(16)26-21)20(25)22-13-15-9-7-14(8-10-15)11-19(23)24/h3-10,17H,11-13H2,1-2H3,(H,22,25)(H,23,24). The lowest BCUT2D eigenvalue weighted by Gasteiger charge is -2.37.